The Morgan fingerprint density at radius 3 is 1.58 bits per heavy atom. The molecule has 1 aliphatic rings. The Morgan fingerprint density at radius 2 is 1.00 bits per heavy atom. The highest BCUT2D eigenvalue weighted by Crippen LogP contribution is 2.49. The van der Waals surface area contributed by atoms with Gasteiger partial charge in [-0.3, -0.25) is 28.0 Å². The van der Waals surface area contributed by atoms with Crippen LogP contribution in [0.5, 0.6) is 0 Å². The Kier molecular flexibility index (Phi) is 33.7. The molecule has 0 spiro atoms. The van der Waals surface area contributed by atoms with Crippen molar-refractivity contribution in [1.29, 1.82) is 0 Å². The SMILES string of the molecule is CCCCC/C=C\C=C\C(=O)CCCCCCCC(=O)OC[C@H](COP(=O)(O)O[C@H]1C(O)C(O)C(O)[C@@H](OP(=O)(O)O)C1O)OC(=O)CCCCCCCCC/C=C\CCCCCC. The zero-order valence-electron chi connectivity index (χ0n) is 38.2. The molecule has 0 saturated heterocycles. The van der Waals surface area contributed by atoms with E-state index >= 15 is 0 Å². The summed E-state index contributed by atoms with van der Waals surface area (Å²) < 4.78 is 49.3. The average Bonchev–Trinajstić information content (AvgIpc) is 3.24. The monoisotopic (exact) mass is 954 g/mol. The molecule has 17 nitrogen and oxygen atoms in total. The molecule has 0 aromatic heterocycles. The van der Waals surface area contributed by atoms with Gasteiger partial charge in [-0.25, -0.2) is 9.13 Å². The fraction of sp³-hybridized carbons (Fsp3) is 0.800. The highest BCUT2D eigenvalue weighted by Gasteiger charge is 2.54. The highest BCUT2D eigenvalue weighted by atomic mass is 31.2. The standard InChI is InChI=1S/C45H80O17P2/c1-3-5-7-9-11-12-13-14-15-16-17-18-20-24-29-33-39(48)60-37(34-58-38(47)32-28-25-21-23-27-31-36(46)30-26-22-19-10-8-6-4-2)35-59-64(56,57)62-45-42(51)40(49)41(50)44(43(45)52)61-63(53,54)55/h12-13,19,22,26,30,37,40-45,49-52H,3-11,14-18,20-21,23-25,27-29,31-35H2,1-2H3,(H,56,57)(H2,53,54,55)/b13-12-,22-19-,30-26+/t37-,40?,41?,42?,43?,44-,45+/m1/s1. The van der Waals surface area contributed by atoms with Crippen molar-refractivity contribution in [2.24, 2.45) is 0 Å². The maximum absolute atomic E-state index is 13.0. The lowest BCUT2D eigenvalue weighted by Crippen LogP contribution is -2.64. The quantitative estimate of drug-likeness (QED) is 0.00770. The smallest absolute Gasteiger partial charge is 0.462 e. The number of aliphatic hydroxyl groups excluding tert-OH is 4. The number of carbonyl (C=O) groups is 3. The van der Waals surface area contributed by atoms with Crippen LogP contribution in [0.2, 0.25) is 0 Å². The van der Waals surface area contributed by atoms with Gasteiger partial charge in [-0.1, -0.05) is 128 Å². The van der Waals surface area contributed by atoms with Crippen LogP contribution in [0.3, 0.4) is 0 Å². The number of hydrogen-bond donors (Lipinski definition) is 7. The predicted octanol–water partition coefficient (Wildman–Crippen LogP) is 7.91. The molecule has 0 aromatic carbocycles. The highest BCUT2D eigenvalue weighted by molar-refractivity contribution is 7.47. The Bertz CT molecular complexity index is 1450. The fourth-order valence-corrected chi connectivity index (χ4v) is 8.48. The van der Waals surface area contributed by atoms with Crippen molar-refractivity contribution in [3.63, 3.8) is 0 Å². The van der Waals surface area contributed by atoms with Crippen LogP contribution in [-0.2, 0) is 46.6 Å². The topological polar surface area (TPSA) is 273 Å². The first kappa shape index (κ1) is 59.9. The third-order valence-electron chi connectivity index (χ3n) is 10.7. The fourth-order valence-electron chi connectivity index (χ4n) is 6.94. The van der Waals surface area contributed by atoms with Gasteiger partial charge in [0.15, 0.2) is 11.9 Å². The molecule has 7 N–H and O–H groups in total. The third-order valence-corrected chi connectivity index (χ3v) is 12.2. The van der Waals surface area contributed by atoms with Gasteiger partial charge in [0.05, 0.1) is 6.61 Å². The number of ketones is 1. The van der Waals surface area contributed by atoms with Gasteiger partial charge in [0.25, 0.3) is 0 Å². The molecule has 8 atom stereocenters. The van der Waals surface area contributed by atoms with E-state index in [9.17, 15) is 48.8 Å². The van der Waals surface area contributed by atoms with Crippen LogP contribution in [0.1, 0.15) is 174 Å². The van der Waals surface area contributed by atoms with E-state index in [-0.39, 0.29) is 18.6 Å². The summed E-state index contributed by atoms with van der Waals surface area (Å²) in [7, 11) is -10.7. The van der Waals surface area contributed by atoms with Crippen molar-refractivity contribution >= 4 is 33.4 Å². The lowest BCUT2D eigenvalue weighted by atomic mass is 9.85. The van der Waals surface area contributed by atoms with Gasteiger partial charge in [-0.15, -0.1) is 0 Å². The van der Waals surface area contributed by atoms with Gasteiger partial charge >= 0.3 is 27.6 Å². The zero-order valence-corrected chi connectivity index (χ0v) is 40.0. The van der Waals surface area contributed by atoms with Gasteiger partial charge in [0.2, 0.25) is 0 Å². The lowest BCUT2D eigenvalue weighted by molar-refractivity contribution is -0.216. The third kappa shape index (κ3) is 30.2. The largest absolute Gasteiger partial charge is 0.472 e. The molecule has 1 fully saturated rings. The molecule has 0 amide bonds. The summed E-state index contributed by atoms with van der Waals surface area (Å²) in [6, 6.07) is 0. The second-order valence-corrected chi connectivity index (χ2v) is 19.1. The molecule has 0 aliphatic heterocycles. The van der Waals surface area contributed by atoms with E-state index in [0.29, 0.717) is 25.7 Å². The molecule has 1 rings (SSSR count). The molecule has 0 radical (unpaired) electrons. The molecule has 5 unspecified atom stereocenters. The van der Waals surface area contributed by atoms with Crippen molar-refractivity contribution < 1.29 is 81.7 Å². The number of phosphoric acid groups is 2. The van der Waals surface area contributed by atoms with Crippen LogP contribution >= 0.6 is 15.6 Å². The molecule has 1 aliphatic carbocycles. The van der Waals surface area contributed by atoms with Crippen LogP contribution in [-0.4, -0.2) is 109 Å². The molecule has 0 bridgehead atoms. The second-order valence-electron chi connectivity index (χ2n) is 16.5. The Hall–Kier alpha value is -2.11. The van der Waals surface area contributed by atoms with Gasteiger partial charge in [-0.2, -0.15) is 0 Å². The molecular weight excluding hydrogens is 874 g/mol. The van der Waals surface area contributed by atoms with Gasteiger partial charge < -0.3 is 44.6 Å². The van der Waals surface area contributed by atoms with Crippen molar-refractivity contribution in [2.75, 3.05) is 13.2 Å². The molecule has 1 saturated carbocycles. The maximum Gasteiger partial charge on any atom is 0.472 e. The molecule has 0 heterocycles. The minimum absolute atomic E-state index is 0.0144. The summed E-state index contributed by atoms with van der Waals surface area (Å²) in [6.45, 7) is 2.93. The first-order valence-electron chi connectivity index (χ1n) is 23.5. The summed E-state index contributed by atoms with van der Waals surface area (Å²) in [5.41, 5.74) is 0. The van der Waals surface area contributed by atoms with E-state index in [1.807, 2.05) is 6.08 Å². The number of aliphatic hydroxyl groups is 4. The van der Waals surface area contributed by atoms with E-state index in [0.717, 1.165) is 89.9 Å². The van der Waals surface area contributed by atoms with E-state index in [4.69, 9.17) is 28.3 Å². The van der Waals surface area contributed by atoms with Crippen LogP contribution in [0.4, 0.5) is 0 Å². The first-order valence-corrected chi connectivity index (χ1v) is 26.5. The van der Waals surface area contributed by atoms with Crippen molar-refractivity contribution in [1.82, 2.24) is 0 Å². The number of ether oxygens (including phenoxy) is 2. The minimum atomic E-state index is -5.38. The second kappa shape index (κ2) is 36.0. The summed E-state index contributed by atoms with van der Waals surface area (Å²) in [5, 5.41) is 41.2. The van der Waals surface area contributed by atoms with Crippen LogP contribution in [0.25, 0.3) is 0 Å². The first-order chi connectivity index (χ1) is 30.5. The number of esters is 2. The average molecular weight is 955 g/mol. The molecular formula is C45H80O17P2. The molecule has 0 aromatic rings. The van der Waals surface area contributed by atoms with Gasteiger partial charge in [0, 0.05) is 19.3 Å². The van der Waals surface area contributed by atoms with E-state index in [1.54, 1.807) is 12.2 Å². The zero-order chi connectivity index (χ0) is 47.6. The molecule has 19 heteroatoms. The summed E-state index contributed by atoms with van der Waals surface area (Å²) in [4.78, 5) is 66.3. The summed E-state index contributed by atoms with van der Waals surface area (Å²) in [5.74, 6) is -1.24. The lowest BCUT2D eigenvalue weighted by Gasteiger charge is -2.43. The predicted molar refractivity (Wildman–Crippen MR) is 242 cm³/mol. The van der Waals surface area contributed by atoms with Crippen LogP contribution < -0.4 is 0 Å². The Balaban J connectivity index is 2.64. The Morgan fingerprint density at radius 1 is 0.531 bits per heavy atom. The van der Waals surface area contributed by atoms with Crippen molar-refractivity contribution in [3.05, 3.63) is 36.5 Å². The number of unbranched alkanes of at least 4 members (excludes halogenated alkanes) is 18. The van der Waals surface area contributed by atoms with Crippen LogP contribution in [0.15, 0.2) is 36.5 Å². The Labute approximate surface area is 380 Å². The number of carbonyl (C=O) groups excluding carboxylic acids is 3. The molecule has 372 valence electrons. The summed E-state index contributed by atoms with van der Waals surface area (Å²) in [6.07, 6.45) is 19.2. The summed E-state index contributed by atoms with van der Waals surface area (Å²) >= 11 is 0. The van der Waals surface area contributed by atoms with Gasteiger partial charge in [0.1, 0.15) is 43.2 Å². The van der Waals surface area contributed by atoms with E-state index in [2.05, 4.69) is 36.6 Å². The minimum Gasteiger partial charge on any atom is -0.462 e. The van der Waals surface area contributed by atoms with Gasteiger partial charge in [-0.05, 0) is 63.9 Å². The normalized spacial score (nSPS) is 22.0. The van der Waals surface area contributed by atoms with E-state index < -0.39 is 83.5 Å². The number of rotatable bonds is 39. The number of allylic oxidation sites excluding steroid dienone is 6. The van der Waals surface area contributed by atoms with E-state index in [1.165, 1.54) is 32.1 Å². The van der Waals surface area contributed by atoms with Crippen molar-refractivity contribution in [3.8, 4) is 0 Å². The molecule has 64 heavy (non-hydrogen) atoms. The maximum atomic E-state index is 13.0. The van der Waals surface area contributed by atoms with Crippen LogP contribution in [0, 0.1) is 0 Å². The van der Waals surface area contributed by atoms with Crippen molar-refractivity contribution in [2.45, 2.75) is 217 Å². The number of hydrogen-bond acceptors (Lipinski definition) is 14. The number of phosphoric ester groups is 2.